The second-order valence-corrected chi connectivity index (χ2v) is 4.09. The fourth-order valence-corrected chi connectivity index (χ4v) is 2.12. The van der Waals surface area contributed by atoms with Crippen molar-refractivity contribution in [3.63, 3.8) is 0 Å². The number of aryl methyl sites for hydroxylation is 1. The van der Waals surface area contributed by atoms with Gasteiger partial charge in [0.1, 0.15) is 5.92 Å². The maximum Gasteiger partial charge on any atom is 0.399 e. The fourth-order valence-electron chi connectivity index (χ4n) is 2.12. The molecule has 7 heteroatoms. The molecule has 1 aliphatic rings. The second kappa shape index (κ2) is 3.12. The molecule has 4 nitrogen and oxygen atoms in total. The van der Waals surface area contributed by atoms with Crippen LogP contribution in [0.2, 0.25) is 0 Å². The summed E-state index contributed by atoms with van der Waals surface area (Å²) in [5, 5.41) is 6.78. The normalized spacial score (nSPS) is 19.4. The highest BCUT2D eigenvalue weighted by molar-refractivity contribution is 5.58. The van der Waals surface area contributed by atoms with Crippen LogP contribution < -0.4 is 5.32 Å². The van der Waals surface area contributed by atoms with Gasteiger partial charge in [0.15, 0.2) is 5.65 Å². The van der Waals surface area contributed by atoms with Crippen LogP contribution in [0.15, 0.2) is 12.3 Å². The highest BCUT2D eigenvalue weighted by Crippen LogP contribution is 2.41. The molecule has 0 radical (unpaired) electrons. The van der Waals surface area contributed by atoms with Gasteiger partial charge in [-0.2, -0.15) is 18.3 Å². The Hall–Kier alpha value is -1.79. The van der Waals surface area contributed by atoms with Gasteiger partial charge >= 0.3 is 6.18 Å². The van der Waals surface area contributed by atoms with Gasteiger partial charge in [0.25, 0.3) is 0 Å². The summed E-state index contributed by atoms with van der Waals surface area (Å²) in [7, 11) is 0. The van der Waals surface area contributed by atoms with E-state index in [2.05, 4.69) is 15.4 Å². The van der Waals surface area contributed by atoms with E-state index in [0.29, 0.717) is 17.0 Å². The zero-order valence-corrected chi connectivity index (χ0v) is 8.91. The highest BCUT2D eigenvalue weighted by atomic mass is 19.4. The van der Waals surface area contributed by atoms with Crippen molar-refractivity contribution in [3.05, 3.63) is 23.7 Å². The van der Waals surface area contributed by atoms with Crippen molar-refractivity contribution < 1.29 is 13.2 Å². The minimum atomic E-state index is -4.27. The van der Waals surface area contributed by atoms with Gasteiger partial charge in [0, 0.05) is 12.6 Å². The molecule has 0 unspecified atom stereocenters. The van der Waals surface area contributed by atoms with Gasteiger partial charge in [-0.1, -0.05) is 0 Å². The van der Waals surface area contributed by atoms with Crippen LogP contribution >= 0.6 is 0 Å². The van der Waals surface area contributed by atoms with E-state index in [1.807, 2.05) is 0 Å². The number of fused-ring (bicyclic) bond motifs is 3. The van der Waals surface area contributed by atoms with Crippen molar-refractivity contribution in [1.29, 1.82) is 0 Å². The van der Waals surface area contributed by atoms with Gasteiger partial charge in [-0.15, -0.1) is 0 Å². The molecule has 0 fully saturated rings. The lowest BCUT2D eigenvalue weighted by atomic mass is 10.1. The maximum absolute atomic E-state index is 12.9. The topological polar surface area (TPSA) is 42.2 Å². The highest BCUT2D eigenvalue weighted by Gasteiger charge is 2.46. The zero-order chi connectivity index (χ0) is 12.2. The van der Waals surface area contributed by atoms with Crippen molar-refractivity contribution in [2.75, 3.05) is 11.9 Å². The predicted molar refractivity (Wildman–Crippen MR) is 55.0 cm³/mol. The van der Waals surface area contributed by atoms with E-state index in [4.69, 9.17) is 0 Å². The Morgan fingerprint density at radius 2 is 2.24 bits per heavy atom. The van der Waals surface area contributed by atoms with E-state index >= 15 is 0 Å². The van der Waals surface area contributed by atoms with Gasteiger partial charge in [0.2, 0.25) is 0 Å². The van der Waals surface area contributed by atoms with Crippen molar-refractivity contribution in [1.82, 2.24) is 14.6 Å². The van der Waals surface area contributed by atoms with E-state index in [9.17, 15) is 13.2 Å². The molecule has 0 saturated carbocycles. The number of nitrogens with one attached hydrogen (secondary N) is 1. The zero-order valence-electron chi connectivity index (χ0n) is 8.91. The minimum absolute atomic E-state index is 0.149. The molecule has 1 atom stereocenters. The number of nitrogens with zero attached hydrogens (tertiary/aromatic N) is 3. The summed E-state index contributed by atoms with van der Waals surface area (Å²) in [5.41, 5.74) is 1.65. The number of hydrogen-bond donors (Lipinski definition) is 1. The summed E-state index contributed by atoms with van der Waals surface area (Å²) in [6.07, 6.45) is -2.84. The van der Waals surface area contributed by atoms with Crippen LogP contribution in [0, 0.1) is 6.92 Å². The second-order valence-electron chi connectivity index (χ2n) is 4.09. The van der Waals surface area contributed by atoms with Crippen LogP contribution in [0.5, 0.6) is 0 Å². The Balaban J connectivity index is 2.27. The lowest BCUT2D eigenvalue weighted by Gasteiger charge is -2.14. The van der Waals surface area contributed by atoms with E-state index < -0.39 is 12.1 Å². The monoisotopic (exact) mass is 242 g/mol. The molecule has 3 heterocycles. The average Bonchev–Trinajstić information content (AvgIpc) is 2.76. The van der Waals surface area contributed by atoms with Crippen LogP contribution in [-0.4, -0.2) is 27.3 Å². The van der Waals surface area contributed by atoms with E-state index in [1.165, 1.54) is 10.7 Å². The molecule has 3 rings (SSSR count). The van der Waals surface area contributed by atoms with Gasteiger partial charge < -0.3 is 5.32 Å². The third-order valence-corrected chi connectivity index (χ3v) is 2.86. The molecular weight excluding hydrogens is 233 g/mol. The molecule has 0 bridgehead atoms. The first-order valence-corrected chi connectivity index (χ1v) is 5.12. The number of aromatic nitrogens is 3. The van der Waals surface area contributed by atoms with Crippen molar-refractivity contribution in [3.8, 4) is 0 Å². The Labute approximate surface area is 94.5 Å². The molecule has 0 aromatic carbocycles. The number of hydrogen-bond acceptors (Lipinski definition) is 3. The predicted octanol–water partition coefficient (Wildman–Crippen LogP) is 2.11. The van der Waals surface area contributed by atoms with Crippen LogP contribution in [0.1, 0.15) is 17.3 Å². The first-order valence-electron chi connectivity index (χ1n) is 5.12. The molecular formula is C10H9F3N4. The van der Waals surface area contributed by atoms with Gasteiger partial charge in [-0.25, -0.2) is 9.50 Å². The maximum atomic E-state index is 12.9. The van der Waals surface area contributed by atoms with E-state index in [-0.39, 0.29) is 12.2 Å². The molecule has 0 saturated heterocycles. The van der Waals surface area contributed by atoms with Crippen LogP contribution in [0.3, 0.4) is 0 Å². The number of halogens is 3. The van der Waals surface area contributed by atoms with Crippen LogP contribution in [0.25, 0.3) is 5.65 Å². The third-order valence-electron chi connectivity index (χ3n) is 2.86. The fraction of sp³-hybridized carbons (Fsp3) is 0.400. The number of alkyl halides is 3. The summed E-state index contributed by atoms with van der Waals surface area (Å²) >= 11 is 0. The Bertz CT molecular complexity index is 587. The van der Waals surface area contributed by atoms with Crippen LogP contribution in [0.4, 0.5) is 18.9 Å². The Kier molecular flexibility index (Phi) is 1.90. The lowest BCUT2D eigenvalue weighted by molar-refractivity contribution is -0.147. The summed E-state index contributed by atoms with van der Waals surface area (Å²) < 4.78 is 39.9. The molecule has 17 heavy (non-hydrogen) atoms. The Morgan fingerprint density at radius 3 is 2.94 bits per heavy atom. The quantitative estimate of drug-likeness (QED) is 0.769. The van der Waals surface area contributed by atoms with Gasteiger partial charge in [-0.05, 0) is 6.92 Å². The molecule has 1 aliphatic heterocycles. The molecule has 0 spiro atoms. The van der Waals surface area contributed by atoms with Crippen LogP contribution in [-0.2, 0) is 0 Å². The first-order chi connectivity index (χ1) is 7.97. The largest absolute Gasteiger partial charge is 0.399 e. The summed E-state index contributed by atoms with van der Waals surface area (Å²) in [4.78, 5) is 4.06. The van der Waals surface area contributed by atoms with Gasteiger partial charge in [-0.3, -0.25) is 0 Å². The standard InChI is InChI=1S/C10H9F3N4/c1-5-2-8-15-4-7-9(17(8)16-5)6(3-14-7)10(11,12)13/h2,4,6,14H,3H2,1H3/t6-/m1/s1. The molecule has 90 valence electrons. The smallest absolute Gasteiger partial charge is 0.381 e. The lowest BCUT2D eigenvalue weighted by Crippen LogP contribution is -2.24. The van der Waals surface area contributed by atoms with E-state index in [1.54, 1.807) is 13.0 Å². The van der Waals surface area contributed by atoms with Crippen molar-refractivity contribution >= 4 is 11.3 Å². The number of rotatable bonds is 0. The molecule has 2 aromatic heterocycles. The molecule has 2 aromatic rings. The van der Waals surface area contributed by atoms with E-state index in [0.717, 1.165) is 0 Å². The average molecular weight is 242 g/mol. The van der Waals surface area contributed by atoms with Crippen molar-refractivity contribution in [2.45, 2.75) is 19.0 Å². The van der Waals surface area contributed by atoms with Crippen molar-refractivity contribution in [2.24, 2.45) is 0 Å². The minimum Gasteiger partial charge on any atom is -0.381 e. The SMILES string of the molecule is Cc1cc2ncc3c(n2n1)[C@H](C(F)(F)F)CN3. The van der Waals surface area contributed by atoms with Gasteiger partial charge in [0.05, 0.1) is 23.3 Å². The first kappa shape index (κ1) is 10.4. The summed E-state index contributed by atoms with van der Waals surface area (Å²) in [6, 6.07) is 1.66. The third kappa shape index (κ3) is 1.45. The Morgan fingerprint density at radius 1 is 1.47 bits per heavy atom. The summed E-state index contributed by atoms with van der Waals surface area (Å²) in [6.45, 7) is 1.57. The molecule has 0 amide bonds. The molecule has 0 aliphatic carbocycles. The molecule has 1 N–H and O–H groups in total. The summed E-state index contributed by atoms with van der Waals surface area (Å²) in [5.74, 6) is -1.53. The number of anilines is 1.